The predicted molar refractivity (Wildman–Crippen MR) is 509 cm³/mol. The fraction of sp³-hybridized carbons (Fsp3) is 0.337. The van der Waals surface area contributed by atoms with Gasteiger partial charge in [-0.2, -0.15) is 0 Å². The number of halogens is 3. The van der Waals surface area contributed by atoms with Gasteiger partial charge in [-0.3, -0.25) is 28.9 Å². The molecular weight excluding hydrogens is 1750 g/mol. The van der Waals surface area contributed by atoms with E-state index < -0.39 is 15.9 Å². The summed E-state index contributed by atoms with van der Waals surface area (Å²) in [6.45, 7) is 16.8. The molecule has 0 unspecified atom stereocenters. The summed E-state index contributed by atoms with van der Waals surface area (Å²) in [5.74, 6) is 2.62. The molecule has 0 saturated carbocycles. The molecule has 26 nitrogen and oxygen atoms in total. The number of carbonyl (C=O) groups excluding carboxylic acids is 5. The van der Waals surface area contributed by atoms with E-state index in [1.165, 1.54) is 111 Å². The van der Waals surface area contributed by atoms with E-state index in [1.54, 1.807) is 63.8 Å². The quantitative estimate of drug-likeness (QED) is 0.0422. The SMILES string of the molecule is CCN1CCc2c(cccc2NC(=O)c2cc(Cl)c(OC)cc2OC)C1.CCOc1cc(OC)c(C(=O)Nc2cccc3c2CCN(C)C3)cc1Cl.COc1cc(C)c(Br)cc1C(=O)Nc1cccc2c1CCN(C)C2.COc1ccc(OC)c(C(=O)Nc2cccc3c2CCN(C)C3)c1.COc1ccc(S(=O)(=O)N(C)C)cc1C(=O)Nc1cccc2c1CCN(C)C2. The molecule has 5 aliphatic rings. The van der Waals surface area contributed by atoms with E-state index in [2.05, 4.69) is 132 Å². The van der Waals surface area contributed by atoms with Gasteiger partial charge in [0.2, 0.25) is 10.0 Å². The lowest BCUT2D eigenvalue weighted by molar-refractivity contribution is 0.101. The molecule has 5 aliphatic heterocycles. The van der Waals surface area contributed by atoms with E-state index in [0.29, 0.717) is 84.9 Å². The Kier molecular flexibility index (Phi) is 34.3. The van der Waals surface area contributed by atoms with Crippen molar-refractivity contribution < 1.29 is 70.3 Å². The van der Waals surface area contributed by atoms with Gasteiger partial charge >= 0.3 is 0 Å². The Morgan fingerprint density at radius 1 is 0.383 bits per heavy atom. The van der Waals surface area contributed by atoms with Crippen molar-refractivity contribution in [3.8, 4) is 46.0 Å². The molecule has 678 valence electrons. The highest BCUT2D eigenvalue weighted by Gasteiger charge is 2.29. The number of hydrogen-bond acceptors (Lipinski definition) is 20. The maximum atomic E-state index is 13.0. The molecule has 128 heavy (non-hydrogen) atoms. The molecule has 0 spiro atoms. The maximum absolute atomic E-state index is 13.0. The average molecular weight is 1870 g/mol. The Hall–Kier alpha value is -11.3. The number of aryl methyl sites for hydroxylation is 1. The largest absolute Gasteiger partial charge is 0.497 e. The number of rotatable bonds is 22. The summed E-state index contributed by atoms with van der Waals surface area (Å²) in [6.07, 6.45) is 4.53. The molecule has 0 aliphatic carbocycles. The highest BCUT2D eigenvalue weighted by atomic mass is 79.9. The topological polar surface area (TPSA) is 273 Å². The number of carbonyl (C=O) groups is 5. The third-order valence-corrected chi connectivity index (χ3v) is 26.2. The molecule has 10 aromatic rings. The number of hydrogen-bond donors (Lipinski definition) is 5. The number of fused-ring (bicyclic) bond motifs is 5. The van der Waals surface area contributed by atoms with Crippen LogP contribution in [0, 0.1) is 6.92 Å². The molecular formula is C98H114BrCl2N11O15S. The zero-order valence-electron chi connectivity index (χ0n) is 75.5. The first-order chi connectivity index (χ1) is 61.4. The molecule has 5 N–H and O–H groups in total. The highest BCUT2D eigenvalue weighted by Crippen LogP contribution is 2.39. The molecule has 5 heterocycles. The van der Waals surface area contributed by atoms with Crippen molar-refractivity contribution in [2.75, 3.05) is 165 Å². The number of sulfonamides is 1. The van der Waals surface area contributed by atoms with Crippen LogP contribution in [0.1, 0.15) is 127 Å². The summed E-state index contributed by atoms with van der Waals surface area (Å²) in [4.78, 5) is 75.7. The molecule has 0 saturated heterocycles. The predicted octanol–water partition coefficient (Wildman–Crippen LogP) is 17.1. The average Bonchev–Trinajstić information content (AvgIpc) is 0.716. The summed E-state index contributed by atoms with van der Waals surface area (Å²) in [5.41, 5.74) is 19.3. The normalized spacial score (nSPS) is 14.1. The number of ether oxygens (including phenoxy) is 8. The summed E-state index contributed by atoms with van der Waals surface area (Å²) < 4.78 is 69.4. The van der Waals surface area contributed by atoms with Gasteiger partial charge < -0.3 is 84.1 Å². The van der Waals surface area contributed by atoms with Gasteiger partial charge in [0.15, 0.2) is 0 Å². The van der Waals surface area contributed by atoms with Gasteiger partial charge in [-0.1, -0.05) is 107 Å². The van der Waals surface area contributed by atoms with Crippen LogP contribution in [0.15, 0.2) is 173 Å². The second-order valence-corrected chi connectivity index (χ2v) is 35.5. The van der Waals surface area contributed by atoms with Gasteiger partial charge in [0.1, 0.15) is 46.0 Å². The van der Waals surface area contributed by atoms with Crippen LogP contribution in [0.4, 0.5) is 28.4 Å². The van der Waals surface area contributed by atoms with E-state index in [-0.39, 0.29) is 34.1 Å². The van der Waals surface area contributed by atoms with E-state index in [0.717, 1.165) is 152 Å². The summed E-state index contributed by atoms with van der Waals surface area (Å²) in [5, 5.41) is 15.8. The van der Waals surface area contributed by atoms with Crippen LogP contribution in [0.25, 0.3) is 0 Å². The minimum absolute atomic E-state index is 0.0418. The Morgan fingerprint density at radius 3 is 1.05 bits per heavy atom. The van der Waals surface area contributed by atoms with Crippen LogP contribution < -0.4 is 64.5 Å². The first kappa shape index (κ1) is 97.3. The molecule has 30 heteroatoms. The Labute approximate surface area is 769 Å². The molecule has 15 rings (SSSR count). The highest BCUT2D eigenvalue weighted by molar-refractivity contribution is 9.10. The lowest BCUT2D eigenvalue weighted by Gasteiger charge is -2.29. The first-order valence-corrected chi connectivity index (χ1v) is 45.1. The van der Waals surface area contributed by atoms with E-state index >= 15 is 0 Å². The molecule has 5 amide bonds. The van der Waals surface area contributed by atoms with Crippen LogP contribution in [0.2, 0.25) is 10.0 Å². The second-order valence-electron chi connectivity index (χ2n) is 31.7. The third-order valence-electron chi connectivity index (χ3n) is 22.9. The first-order valence-electron chi connectivity index (χ1n) is 42.1. The smallest absolute Gasteiger partial charge is 0.259 e. The lowest BCUT2D eigenvalue weighted by atomic mass is 9.97. The van der Waals surface area contributed by atoms with Crippen molar-refractivity contribution in [1.82, 2.24) is 28.8 Å². The summed E-state index contributed by atoms with van der Waals surface area (Å²) in [7, 11) is 18.4. The lowest BCUT2D eigenvalue weighted by Crippen LogP contribution is -2.31. The van der Waals surface area contributed by atoms with Crippen molar-refractivity contribution in [2.24, 2.45) is 0 Å². The van der Waals surface area contributed by atoms with Crippen molar-refractivity contribution in [2.45, 2.75) is 90.5 Å². The molecule has 0 atom stereocenters. The fourth-order valence-electron chi connectivity index (χ4n) is 15.9. The van der Waals surface area contributed by atoms with Crippen LogP contribution in [0.3, 0.4) is 0 Å². The van der Waals surface area contributed by atoms with Crippen LogP contribution in [-0.2, 0) is 74.9 Å². The molecule has 0 aromatic heterocycles. The van der Waals surface area contributed by atoms with Crippen molar-refractivity contribution in [3.63, 3.8) is 0 Å². The van der Waals surface area contributed by atoms with Gasteiger partial charge in [-0.15, -0.1) is 0 Å². The molecule has 0 bridgehead atoms. The standard InChI is InChI=1S/2C20H23ClN2O3.C20H25N3O4S.C19H21BrN2O2.C19H22N2O3/c1-4-23-9-8-14-13(12-23)6-5-7-17(14)22-20(24)15-10-16(21)19(26-3)11-18(15)25-2;1-4-26-19-11-18(25-3)15(10-16(19)21)20(24)22-17-7-5-6-13-12-23(2)9-8-14(13)17;1-22(2)28(25,26)15-8-9-19(27-4)17(12-15)20(24)21-18-7-5-6-14-13-23(3)11-10-16(14)18;1-12-9-18(24-3)15(10-16(12)20)19(23)21-17-6-4-5-13-11-22(2)8-7-14(13)17;1-21-10-9-15-13(12-21)5-4-6-17(15)20-19(22)16-11-14(23-2)7-8-18(16)24-3/h2*5-7,10-11H,4,8-9,12H2,1-3H3,(H,22,24);5-9,12H,10-11,13H2,1-4H3,(H,21,24);4-6,9-10H,7-8,11H2,1-3H3,(H,21,23);4-8,11H,9-10,12H2,1-3H3,(H,20,22). The number of nitrogens with zero attached hydrogens (tertiary/aromatic N) is 6. The van der Waals surface area contributed by atoms with E-state index in [9.17, 15) is 32.4 Å². The minimum atomic E-state index is -3.66. The van der Waals surface area contributed by atoms with E-state index in [4.69, 9.17) is 61.1 Å². The van der Waals surface area contributed by atoms with Gasteiger partial charge in [0.25, 0.3) is 29.5 Å². The maximum Gasteiger partial charge on any atom is 0.259 e. The number of benzene rings is 10. The van der Waals surface area contributed by atoms with Gasteiger partial charge in [0, 0.05) is 125 Å². The number of anilines is 5. The molecule has 10 aromatic carbocycles. The van der Waals surface area contributed by atoms with Crippen LogP contribution in [-0.4, -0.2) is 205 Å². The van der Waals surface area contributed by atoms with Crippen LogP contribution in [0.5, 0.6) is 46.0 Å². The summed E-state index contributed by atoms with van der Waals surface area (Å²) >= 11 is 15.9. The number of likely N-dealkylation sites (N-methyl/N-ethyl adjacent to an activating group) is 5. The number of amides is 5. The number of methoxy groups -OCH3 is 7. The zero-order chi connectivity index (χ0) is 92.2. The minimum Gasteiger partial charge on any atom is -0.497 e. The Bertz CT molecular complexity index is 5820. The van der Waals surface area contributed by atoms with Crippen LogP contribution >= 0.6 is 39.1 Å². The Balaban J connectivity index is 0.000000155. The second kappa shape index (κ2) is 45.1. The van der Waals surface area contributed by atoms with Crippen molar-refractivity contribution >= 4 is 107 Å². The van der Waals surface area contributed by atoms with Gasteiger partial charge in [-0.25, -0.2) is 12.7 Å². The van der Waals surface area contributed by atoms with Crippen molar-refractivity contribution in [3.05, 3.63) is 267 Å². The number of nitrogens with one attached hydrogen (secondary N) is 5. The van der Waals surface area contributed by atoms with Gasteiger partial charge in [0.05, 0.1) is 99.1 Å². The Morgan fingerprint density at radius 2 is 0.703 bits per heavy atom. The molecule has 0 radical (unpaired) electrons. The summed E-state index contributed by atoms with van der Waals surface area (Å²) in [6, 6.07) is 49.7. The van der Waals surface area contributed by atoms with Crippen molar-refractivity contribution in [1.29, 1.82) is 0 Å². The fourth-order valence-corrected chi connectivity index (χ4v) is 17.6. The third kappa shape index (κ3) is 24.0. The van der Waals surface area contributed by atoms with Gasteiger partial charge in [-0.05, 0) is 233 Å². The molecule has 0 fully saturated rings. The monoisotopic (exact) mass is 1870 g/mol. The van der Waals surface area contributed by atoms with E-state index in [1.807, 2.05) is 86.6 Å². The zero-order valence-corrected chi connectivity index (χ0v) is 79.4.